The van der Waals surface area contributed by atoms with Gasteiger partial charge in [-0.05, 0) is 60.2 Å². The summed E-state index contributed by atoms with van der Waals surface area (Å²) in [6.07, 6.45) is 3.82. The fourth-order valence-corrected chi connectivity index (χ4v) is 6.73. The molecule has 0 saturated heterocycles. The standard InChI is InChI=1S/C37H32N2O5S2/c1-4-43-36(41)32-33(26-13-9-6-10-14-26)38-37-39(34(32)27-16-18-28(45-3)19-17-27)35(40)31(46-37)22-25-15-20-29(30(21-25)42-2)44-23-24-11-7-5-8-12-24/h5-22,34H,4,23H2,1-3H3/b31-22-/t34-/m1/s1. The van der Waals surface area contributed by atoms with Crippen LogP contribution in [0.3, 0.4) is 0 Å². The lowest BCUT2D eigenvalue weighted by Gasteiger charge is -2.26. The van der Waals surface area contributed by atoms with Gasteiger partial charge in [-0.3, -0.25) is 9.36 Å². The van der Waals surface area contributed by atoms with Crippen LogP contribution in [0.5, 0.6) is 11.5 Å². The maximum Gasteiger partial charge on any atom is 0.338 e. The Morgan fingerprint density at radius 2 is 1.67 bits per heavy atom. The number of hydrogen-bond acceptors (Lipinski definition) is 8. The van der Waals surface area contributed by atoms with Crippen molar-refractivity contribution in [2.75, 3.05) is 20.0 Å². The van der Waals surface area contributed by atoms with Gasteiger partial charge in [-0.2, -0.15) is 0 Å². The summed E-state index contributed by atoms with van der Waals surface area (Å²) in [5.41, 5.74) is 3.94. The Hall–Kier alpha value is -4.86. The van der Waals surface area contributed by atoms with Crippen molar-refractivity contribution in [2.24, 2.45) is 4.99 Å². The van der Waals surface area contributed by atoms with Gasteiger partial charge in [0.25, 0.3) is 5.56 Å². The topological polar surface area (TPSA) is 79.1 Å². The van der Waals surface area contributed by atoms with Crippen LogP contribution in [-0.2, 0) is 16.1 Å². The summed E-state index contributed by atoms with van der Waals surface area (Å²) in [5.74, 6) is 0.652. The Bertz CT molecular complexity index is 2070. The van der Waals surface area contributed by atoms with Gasteiger partial charge in [0.15, 0.2) is 16.3 Å². The average Bonchev–Trinajstić information content (AvgIpc) is 3.41. The molecule has 1 atom stereocenters. The second-order valence-electron chi connectivity index (χ2n) is 10.4. The van der Waals surface area contributed by atoms with Gasteiger partial charge in [0.05, 0.1) is 35.6 Å². The molecule has 0 unspecified atom stereocenters. The van der Waals surface area contributed by atoms with E-state index in [1.165, 1.54) is 11.3 Å². The summed E-state index contributed by atoms with van der Waals surface area (Å²) in [6, 6.07) is 32.2. The predicted octanol–water partition coefficient (Wildman–Crippen LogP) is 6.25. The second kappa shape index (κ2) is 14.1. The molecule has 2 heterocycles. The Kier molecular flexibility index (Phi) is 9.51. The van der Waals surface area contributed by atoms with Crippen molar-refractivity contribution in [1.29, 1.82) is 0 Å². The first kappa shape index (κ1) is 31.1. The van der Waals surface area contributed by atoms with Crippen LogP contribution in [-0.4, -0.2) is 30.5 Å². The molecule has 9 heteroatoms. The average molecular weight is 649 g/mol. The quantitative estimate of drug-likeness (QED) is 0.132. The number of carbonyl (C=O) groups excluding carboxylic acids is 1. The molecule has 0 saturated carbocycles. The Morgan fingerprint density at radius 1 is 0.957 bits per heavy atom. The first-order valence-electron chi connectivity index (χ1n) is 14.8. The molecule has 1 aliphatic heterocycles. The molecule has 0 aliphatic carbocycles. The van der Waals surface area contributed by atoms with Gasteiger partial charge in [0, 0.05) is 10.5 Å². The monoisotopic (exact) mass is 648 g/mol. The van der Waals surface area contributed by atoms with E-state index in [1.54, 1.807) is 30.4 Å². The molecule has 0 radical (unpaired) electrons. The van der Waals surface area contributed by atoms with Gasteiger partial charge < -0.3 is 14.2 Å². The smallest absolute Gasteiger partial charge is 0.338 e. The van der Waals surface area contributed by atoms with Crippen LogP contribution in [0.2, 0.25) is 0 Å². The molecule has 46 heavy (non-hydrogen) atoms. The van der Waals surface area contributed by atoms with Gasteiger partial charge in [-0.1, -0.05) is 90.2 Å². The van der Waals surface area contributed by atoms with Gasteiger partial charge in [-0.25, -0.2) is 9.79 Å². The maximum atomic E-state index is 14.2. The molecule has 0 bridgehead atoms. The first-order valence-corrected chi connectivity index (χ1v) is 16.8. The highest BCUT2D eigenvalue weighted by Crippen LogP contribution is 2.36. The van der Waals surface area contributed by atoms with Crippen LogP contribution in [0.1, 0.15) is 35.2 Å². The molecule has 0 fully saturated rings. The molecule has 1 aliphatic rings. The van der Waals surface area contributed by atoms with E-state index in [1.807, 2.05) is 115 Å². The summed E-state index contributed by atoms with van der Waals surface area (Å²) < 4.78 is 19.3. The molecular weight excluding hydrogens is 617 g/mol. The minimum atomic E-state index is -0.730. The molecule has 6 rings (SSSR count). The number of methoxy groups -OCH3 is 1. The Morgan fingerprint density at radius 3 is 2.35 bits per heavy atom. The van der Waals surface area contributed by atoms with Crippen LogP contribution in [0.4, 0.5) is 0 Å². The highest BCUT2D eigenvalue weighted by Gasteiger charge is 2.35. The number of benzene rings is 4. The molecule has 0 amide bonds. The van der Waals surface area contributed by atoms with E-state index < -0.39 is 12.0 Å². The van der Waals surface area contributed by atoms with Crippen molar-refractivity contribution in [3.8, 4) is 11.5 Å². The van der Waals surface area contributed by atoms with Crippen molar-refractivity contribution in [1.82, 2.24) is 4.57 Å². The largest absolute Gasteiger partial charge is 0.493 e. The summed E-state index contributed by atoms with van der Waals surface area (Å²) in [7, 11) is 1.59. The molecule has 5 aromatic rings. The third-order valence-corrected chi connectivity index (χ3v) is 9.25. The highest BCUT2D eigenvalue weighted by molar-refractivity contribution is 7.98. The van der Waals surface area contributed by atoms with Crippen molar-refractivity contribution < 1.29 is 19.0 Å². The minimum absolute atomic E-state index is 0.194. The van der Waals surface area contributed by atoms with Crippen LogP contribution >= 0.6 is 23.1 Å². The summed E-state index contributed by atoms with van der Waals surface area (Å²) in [5, 5.41) is 0. The highest BCUT2D eigenvalue weighted by atomic mass is 32.2. The van der Waals surface area contributed by atoms with Crippen LogP contribution in [0.15, 0.2) is 123 Å². The number of aromatic nitrogens is 1. The van der Waals surface area contributed by atoms with E-state index in [9.17, 15) is 9.59 Å². The Balaban J connectivity index is 1.48. The van der Waals surface area contributed by atoms with Crippen molar-refractivity contribution >= 4 is 40.8 Å². The minimum Gasteiger partial charge on any atom is -0.493 e. The molecular formula is C37H32N2O5S2. The van der Waals surface area contributed by atoms with E-state index >= 15 is 0 Å². The van der Waals surface area contributed by atoms with Gasteiger partial charge >= 0.3 is 5.97 Å². The van der Waals surface area contributed by atoms with Crippen molar-refractivity contribution in [3.05, 3.63) is 151 Å². The number of ether oxygens (including phenoxy) is 3. The number of nitrogens with zero attached hydrogens (tertiary/aromatic N) is 2. The van der Waals surface area contributed by atoms with Crippen molar-refractivity contribution in [2.45, 2.75) is 24.5 Å². The number of thiazole rings is 1. The fraction of sp³-hybridized carbons (Fsp3) is 0.162. The van der Waals surface area contributed by atoms with Gasteiger partial charge in [0.2, 0.25) is 0 Å². The number of esters is 1. The Labute approximate surface area is 275 Å². The van der Waals surface area contributed by atoms with E-state index in [0.717, 1.165) is 27.1 Å². The second-order valence-corrected chi connectivity index (χ2v) is 12.3. The van der Waals surface area contributed by atoms with Crippen molar-refractivity contribution in [3.63, 3.8) is 0 Å². The summed E-state index contributed by atoms with van der Waals surface area (Å²) in [4.78, 5) is 34.4. The molecule has 232 valence electrons. The zero-order valence-electron chi connectivity index (χ0n) is 25.6. The number of fused-ring (bicyclic) bond motifs is 1. The van der Waals surface area contributed by atoms with E-state index in [0.29, 0.717) is 38.7 Å². The third-order valence-electron chi connectivity index (χ3n) is 7.53. The number of carbonyl (C=O) groups is 1. The number of thioether (sulfide) groups is 1. The predicted molar refractivity (Wildman–Crippen MR) is 183 cm³/mol. The molecule has 0 N–H and O–H groups in total. The molecule has 0 spiro atoms. The van der Waals surface area contributed by atoms with Gasteiger partial charge in [-0.15, -0.1) is 11.8 Å². The fourth-order valence-electron chi connectivity index (χ4n) is 5.32. The zero-order chi connectivity index (χ0) is 32.0. The maximum absolute atomic E-state index is 14.2. The summed E-state index contributed by atoms with van der Waals surface area (Å²) >= 11 is 2.90. The zero-order valence-corrected chi connectivity index (χ0v) is 27.3. The molecule has 4 aromatic carbocycles. The first-order chi connectivity index (χ1) is 22.5. The van der Waals surface area contributed by atoms with Crippen LogP contribution < -0.4 is 24.4 Å². The number of rotatable bonds is 10. The third kappa shape index (κ3) is 6.42. The van der Waals surface area contributed by atoms with Crippen LogP contribution in [0, 0.1) is 0 Å². The van der Waals surface area contributed by atoms with E-state index in [-0.39, 0.29) is 12.2 Å². The number of hydrogen-bond donors (Lipinski definition) is 0. The molecule has 7 nitrogen and oxygen atoms in total. The lowest BCUT2D eigenvalue weighted by molar-refractivity contribution is -0.138. The van der Waals surface area contributed by atoms with Gasteiger partial charge in [0.1, 0.15) is 6.61 Å². The van der Waals surface area contributed by atoms with E-state index in [4.69, 9.17) is 19.2 Å². The van der Waals surface area contributed by atoms with Crippen LogP contribution in [0.25, 0.3) is 11.8 Å². The lowest BCUT2D eigenvalue weighted by atomic mass is 9.93. The summed E-state index contributed by atoms with van der Waals surface area (Å²) in [6.45, 7) is 2.36. The van der Waals surface area contributed by atoms with E-state index in [2.05, 4.69) is 0 Å². The molecule has 1 aromatic heterocycles. The normalized spacial score (nSPS) is 14.4. The lowest BCUT2D eigenvalue weighted by Crippen LogP contribution is -2.40. The SMILES string of the molecule is CCOC(=O)C1=C(c2ccccc2)N=c2s/c(=C\c3ccc(OCc4ccccc4)c(OC)c3)c(=O)n2[C@@H]1c1ccc(SC)cc1.